The fourth-order valence-corrected chi connectivity index (χ4v) is 8.91. The van der Waals surface area contributed by atoms with Gasteiger partial charge in [-0.3, -0.25) is 0 Å². The van der Waals surface area contributed by atoms with Gasteiger partial charge >= 0.3 is 0 Å². The lowest BCUT2D eigenvalue weighted by Crippen LogP contribution is -2.03. The molecule has 0 atom stereocenters. The number of rotatable bonds is 4. The maximum absolute atomic E-state index is 6.27. The Morgan fingerprint density at radius 1 is 0.431 bits per heavy atom. The Morgan fingerprint density at radius 2 is 1.10 bits per heavy atom. The lowest BCUT2D eigenvalue weighted by molar-refractivity contribution is 0.669. The van der Waals surface area contributed by atoms with Gasteiger partial charge in [0.25, 0.3) is 0 Å². The molecule has 0 spiro atoms. The Bertz CT molecular complexity index is 3150. The highest BCUT2D eigenvalue weighted by Gasteiger charge is 2.22. The van der Waals surface area contributed by atoms with E-state index in [-0.39, 0.29) is 0 Å². The molecule has 6 heteroatoms. The minimum Gasteiger partial charge on any atom is -0.456 e. The standard InChI is InChI=1S/C45H26N4OS/c1-2-13-27(14-3-1)43-46-44(48-45(47-43)33-19-12-23-38-40(33)32-18-6-10-22-37(32)50-38)31-17-5-9-21-35(31)49-34-20-8-4-16-30(34)41-36(49)26-25-29-28-15-7-11-24-39(28)51-42(29)41/h1-26H. The van der Waals surface area contributed by atoms with E-state index in [1.54, 1.807) is 0 Å². The summed E-state index contributed by atoms with van der Waals surface area (Å²) in [7, 11) is 0. The fourth-order valence-electron chi connectivity index (χ4n) is 7.65. The minimum atomic E-state index is 0.597. The van der Waals surface area contributed by atoms with Gasteiger partial charge in [0.05, 0.1) is 16.7 Å². The van der Waals surface area contributed by atoms with E-state index in [9.17, 15) is 0 Å². The zero-order chi connectivity index (χ0) is 33.5. The summed E-state index contributed by atoms with van der Waals surface area (Å²) in [5.41, 5.74) is 7.67. The molecule has 4 aromatic heterocycles. The second-order valence-electron chi connectivity index (χ2n) is 12.8. The van der Waals surface area contributed by atoms with Crippen LogP contribution in [0.2, 0.25) is 0 Å². The topological polar surface area (TPSA) is 56.7 Å². The van der Waals surface area contributed by atoms with Crippen molar-refractivity contribution in [2.45, 2.75) is 0 Å². The molecule has 51 heavy (non-hydrogen) atoms. The smallest absolute Gasteiger partial charge is 0.166 e. The van der Waals surface area contributed by atoms with E-state index in [0.717, 1.165) is 55.3 Å². The number of fused-ring (bicyclic) bond motifs is 10. The molecule has 5 nitrogen and oxygen atoms in total. The molecule has 11 aromatic rings. The van der Waals surface area contributed by atoms with E-state index in [2.05, 4.69) is 102 Å². The number of thiophene rings is 1. The number of furan rings is 1. The van der Waals surface area contributed by atoms with Crippen molar-refractivity contribution in [3.8, 4) is 39.9 Å². The van der Waals surface area contributed by atoms with E-state index >= 15 is 0 Å². The summed E-state index contributed by atoms with van der Waals surface area (Å²) in [6.45, 7) is 0. The maximum atomic E-state index is 6.27. The van der Waals surface area contributed by atoms with Gasteiger partial charge in [-0.15, -0.1) is 11.3 Å². The van der Waals surface area contributed by atoms with Gasteiger partial charge in [0, 0.05) is 58.4 Å². The number of benzene rings is 7. The van der Waals surface area contributed by atoms with Crippen LogP contribution in [0.1, 0.15) is 0 Å². The molecular formula is C45H26N4OS. The van der Waals surface area contributed by atoms with Crippen molar-refractivity contribution in [2.24, 2.45) is 0 Å². The average Bonchev–Trinajstić information content (AvgIpc) is 3.87. The van der Waals surface area contributed by atoms with Crippen molar-refractivity contribution >= 4 is 75.3 Å². The van der Waals surface area contributed by atoms with Gasteiger partial charge in [0.2, 0.25) is 0 Å². The van der Waals surface area contributed by atoms with Crippen LogP contribution in [0.25, 0.3) is 104 Å². The lowest BCUT2D eigenvalue weighted by atomic mass is 10.1. The Morgan fingerprint density at radius 3 is 2.00 bits per heavy atom. The van der Waals surface area contributed by atoms with E-state index in [0.29, 0.717) is 17.5 Å². The number of aromatic nitrogens is 4. The first-order valence-electron chi connectivity index (χ1n) is 17.0. The van der Waals surface area contributed by atoms with Crippen LogP contribution in [0, 0.1) is 0 Å². The highest BCUT2D eigenvalue weighted by Crippen LogP contribution is 2.44. The van der Waals surface area contributed by atoms with Crippen LogP contribution >= 0.6 is 11.3 Å². The molecule has 238 valence electrons. The third-order valence-corrected chi connectivity index (χ3v) is 11.1. The summed E-state index contributed by atoms with van der Waals surface area (Å²) >= 11 is 1.86. The van der Waals surface area contributed by atoms with E-state index in [4.69, 9.17) is 19.4 Å². The second-order valence-corrected chi connectivity index (χ2v) is 13.8. The van der Waals surface area contributed by atoms with Gasteiger partial charge in [-0.2, -0.15) is 0 Å². The van der Waals surface area contributed by atoms with Crippen LogP contribution in [-0.2, 0) is 0 Å². The van der Waals surface area contributed by atoms with Crippen LogP contribution in [0.15, 0.2) is 162 Å². The summed E-state index contributed by atoms with van der Waals surface area (Å²) in [6.07, 6.45) is 0. The first-order valence-corrected chi connectivity index (χ1v) is 17.8. The normalized spacial score (nSPS) is 11.9. The lowest BCUT2D eigenvalue weighted by Gasteiger charge is -2.14. The van der Waals surface area contributed by atoms with E-state index in [1.165, 1.54) is 30.9 Å². The van der Waals surface area contributed by atoms with Crippen molar-refractivity contribution in [2.75, 3.05) is 0 Å². The molecule has 0 radical (unpaired) electrons. The second kappa shape index (κ2) is 10.9. The number of hydrogen-bond acceptors (Lipinski definition) is 5. The molecule has 4 heterocycles. The van der Waals surface area contributed by atoms with Crippen molar-refractivity contribution in [1.29, 1.82) is 0 Å². The Hall–Kier alpha value is -6.63. The summed E-state index contributed by atoms with van der Waals surface area (Å²) in [4.78, 5) is 15.6. The van der Waals surface area contributed by atoms with Crippen molar-refractivity contribution < 1.29 is 4.42 Å². The average molecular weight is 671 g/mol. The summed E-state index contributed by atoms with van der Waals surface area (Å²) < 4.78 is 11.2. The van der Waals surface area contributed by atoms with Crippen molar-refractivity contribution in [1.82, 2.24) is 19.5 Å². The molecule has 0 fully saturated rings. The molecule has 11 rings (SSSR count). The molecule has 7 aromatic carbocycles. The quantitative estimate of drug-likeness (QED) is 0.187. The van der Waals surface area contributed by atoms with Gasteiger partial charge in [0.15, 0.2) is 17.5 Å². The van der Waals surface area contributed by atoms with Crippen LogP contribution in [0.5, 0.6) is 0 Å². The third-order valence-electron chi connectivity index (χ3n) is 9.88. The van der Waals surface area contributed by atoms with Crippen LogP contribution in [0.3, 0.4) is 0 Å². The molecular weight excluding hydrogens is 645 g/mol. The third kappa shape index (κ3) is 4.24. The molecule has 0 saturated heterocycles. The highest BCUT2D eigenvalue weighted by molar-refractivity contribution is 7.26. The predicted octanol–water partition coefficient (Wildman–Crippen LogP) is 12.2. The van der Waals surface area contributed by atoms with Crippen LogP contribution in [0.4, 0.5) is 0 Å². The molecule has 0 N–H and O–H groups in total. The summed E-state index contributed by atoms with van der Waals surface area (Å²) in [5, 5.41) is 7.09. The summed E-state index contributed by atoms with van der Waals surface area (Å²) in [5.74, 6) is 1.82. The SMILES string of the molecule is c1ccc(-c2nc(-c3ccccc3-n3c4ccccc4c4c5sc6ccccc6c5ccc43)nc(-c3cccc4oc5ccccc5c34)n2)cc1. The molecule has 0 aliphatic rings. The molecule has 0 amide bonds. The highest BCUT2D eigenvalue weighted by atomic mass is 32.1. The monoisotopic (exact) mass is 670 g/mol. The molecule has 0 aliphatic heterocycles. The van der Waals surface area contributed by atoms with E-state index < -0.39 is 0 Å². The van der Waals surface area contributed by atoms with Gasteiger partial charge in [0.1, 0.15) is 11.2 Å². The maximum Gasteiger partial charge on any atom is 0.166 e. The molecule has 0 unspecified atom stereocenters. The first-order chi connectivity index (χ1) is 25.3. The minimum absolute atomic E-state index is 0.597. The molecule has 0 aliphatic carbocycles. The zero-order valence-electron chi connectivity index (χ0n) is 27.1. The number of hydrogen-bond donors (Lipinski definition) is 0. The Balaban J connectivity index is 1.20. The first kappa shape index (κ1) is 28.2. The van der Waals surface area contributed by atoms with E-state index in [1.807, 2.05) is 72.0 Å². The zero-order valence-corrected chi connectivity index (χ0v) is 27.9. The Labute approximate surface area is 295 Å². The van der Waals surface area contributed by atoms with Crippen molar-refractivity contribution in [3.05, 3.63) is 158 Å². The van der Waals surface area contributed by atoms with Crippen molar-refractivity contribution in [3.63, 3.8) is 0 Å². The fraction of sp³-hybridized carbons (Fsp3) is 0. The number of para-hydroxylation sites is 3. The molecule has 0 bridgehead atoms. The number of nitrogens with zero attached hydrogens (tertiary/aromatic N) is 4. The molecule has 0 saturated carbocycles. The van der Waals surface area contributed by atoms with Gasteiger partial charge in [-0.05, 0) is 42.5 Å². The van der Waals surface area contributed by atoms with Gasteiger partial charge in [-0.25, -0.2) is 15.0 Å². The Kier molecular flexibility index (Phi) is 6.05. The van der Waals surface area contributed by atoms with Crippen LogP contribution < -0.4 is 0 Å². The summed E-state index contributed by atoms with van der Waals surface area (Å²) in [6, 6.07) is 54.7. The van der Waals surface area contributed by atoms with Crippen LogP contribution in [-0.4, -0.2) is 19.5 Å². The predicted molar refractivity (Wildman–Crippen MR) is 211 cm³/mol. The van der Waals surface area contributed by atoms with Gasteiger partial charge < -0.3 is 8.98 Å². The van der Waals surface area contributed by atoms with Gasteiger partial charge in [-0.1, -0.05) is 115 Å². The largest absolute Gasteiger partial charge is 0.456 e.